The Kier molecular flexibility index (Phi) is 4.80. The number of carbonyl (C=O) groups excluding carboxylic acids is 2. The molecular formula is C20H26ClN3O4. The van der Waals surface area contributed by atoms with Crippen LogP contribution in [-0.2, 0) is 14.3 Å². The van der Waals surface area contributed by atoms with E-state index in [1.807, 2.05) is 6.92 Å². The summed E-state index contributed by atoms with van der Waals surface area (Å²) in [7, 11) is 0. The standard InChI is InChI=1S/C20H26ClN3O4/c1-18(6-14(22)7-18)28-9-17(26)24-20-10-19(11-20,12-20)23-16(25)8-27-15-4-2-13(21)3-5-15/h2-5,14H,6-12,22H2,1H3,(H,23,25)(H,24,26). The molecule has 0 atom stereocenters. The molecule has 152 valence electrons. The van der Waals surface area contributed by atoms with Crippen LogP contribution in [0.25, 0.3) is 0 Å². The number of amides is 2. The van der Waals surface area contributed by atoms with Gasteiger partial charge in [0.25, 0.3) is 5.91 Å². The molecule has 8 heteroatoms. The Labute approximate surface area is 169 Å². The number of nitrogens with one attached hydrogen (secondary N) is 2. The van der Waals surface area contributed by atoms with E-state index in [1.165, 1.54) is 0 Å². The highest BCUT2D eigenvalue weighted by Crippen LogP contribution is 2.60. The number of benzene rings is 1. The van der Waals surface area contributed by atoms with Crippen molar-refractivity contribution in [3.63, 3.8) is 0 Å². The Morgan fingerprint density at radius 1 is 1.07 bits per heavy atom. The lowest BCUT2D eigenvalue weighted by Gasteiger charge is -2.70. The van der Waals surface area contributed by atoms with E-state index in [0.717, 1.165) is 32.1 Å². The van der Waals surface area contributed by atoms with Gasteiger partial charge in [-0.25, -0.2) is 0 Å². The number of rotatable bonds is 8. The van der Waals surface area contributed by atoms with Crippen molar-refractivity contribution >= 4 is 23.4 Å². The molecule has 4 aliphatic carbocycles. The summed E-state index contributed by atoms with van der Waals surface area (Å²) in [4.78, 5) is 24.3. The predicted octanol–water partition coefficient (Wildman–Crippen LogP) is 1.52. The Bertz CT molecular complexity index is 756. The fourth-order valence-corrected chi connectivity index (χ4v) is 4.93. The summed E-state index contributed by atoms with van der Waals surface area (Å²) >= 11 is 5.82. The SMILES string of the molecule is CC1(OCC(=O)NC23CC(NC(=O)COc4ccc(Cl)cc4)(C2)C3)CC(N)C1. The van der Waals surface area contributed by atoms with E-state index < -0.39 is 0 Å². The molecule has 0 aliphatic heterocycles. The molecule has 0 saturated heterocycles. The lowest BCUT2D eigenvalue weighted by Crippen LogP contribution is -2.84. The maximum atomic E-state index is 12.2. The van der Waals surface area contributed by atoms with Gasteiger partial charge in [0.15, 0.2) is 6.61 Å². The number of halogens is 1. The average Bonchev–Trinajstić information content (AvgIpc) is 2.55. The molecule has 4 N–H and O–H groups in total. The van der Waals surface area contributed by atoms with Gasteiger partial charge in [0.1, 0.15) is 12.4 Å². The van der Waals surface area contributed by atoms with Gasteiger partial charge in [0.05, 0.1) is 5.60 Å². The number of ether oxygens (including phenoxy) is 2. The maximum Gasteiger partial charge on any atom is 0.258 e. The maximum absolute atomic E-state index is 12.2. The van der Waals surface area contributed by atoms with Crippen molar-refractivity contribution in [3.05, 3.63) is 29.3 Å². The zero-order valence-electron chi connectivity index (χ0n) is 15.9. The number of hydrogen-bond donors (Lipinski definition) is 3. The number of hydrogen-bond acceptors (Lipinski definition) is 5. The molecular weight excluding hydrogens is 382 g/mol. The van der Waals surface area contributed by atoms with Crippen molar-refractivity contribution in [1.82, 2.24) is 10.6 Å². The molecule has 0 radical (unpaired) electrons. The highest BCUT2D eigenvalue weighted by Gasteiger charge is 2.69. The van der Waals surface area contributed by atoms with E-state index in [4.69, 9.17) is 26.8 Å². The van der Waals surface area contributed by atoms with Crippen molar-refractivity contribution in [2.45, 2.75) is 61.7 Å². The van der Waals surface area contributed by atoms with E-state index in [-0.39, 0.29) is 47.7 Å². The fourth-order valence-electron chi connectivity index (χ4n) is 4.80. The Balaban J connectivity index is 1.14. The summed E-state index contributed by atoms with van der Waals surface area (Å²) in [5.41, 5.74) is 5.12. The zero-order chi connectivity index (χ0) is 20.0. The van der Waals surface area contributed by atoms with Crippen LogP contribution >= 0.6 is 11.6 Å². The first-order valence-electron chi connectivity index (χ1n) is 9.59. The lowest BCUT2D eigenvalue weighted by atomic mass is 9.44. The van der Waals surface area contributed by atoms with Gasteiger partial charge in [-0.1, -0.05) is 11.6 Å². The largest absolute Gasteiger partial charge is 0.484 e. The minimum atomic E-state index is -0.268. The summed E-state index contributed by atoms with van der Waals surface area (Å²) in [6.45, 7) is 2.00. The first kappa shape index (κ1) is 19.5. The molecule has 2 amide bonds. The van der Waals surface area contributed by atoms with Gasteiger partial charge in [0.2, 0.25) is 5.91 Å². The average molecular weight is 408 g/mol. The van der Waals surface area contributed by atoms with Crippen molar-refractivity contribution in [3.8, 4) is 5.75 Å². The Morgan fingerprint density at radius 2 is 1.61 bits per heavy atom. The second-order valence-corrected chi connectivity index (χ2v) is 9.27. The normalized spacial score (nSPS) is 35.0. The van der Waals surface area contributed by atoms with E-state index in [9.17, 15) is 9.59 Å². The van der Waals surface area contributed by atoms with Crippen molar-refractivity contribution in [1.29, 1.82) is 0 Å². The molecule has 4 fully saturated rings. The van der Waals surface area contributed by atoms with Gasteiger partial charge < -0.3 is 25.8 Å². The van der Waals surface area contributed by atoms with Gasteiger partial charge in [-0.05, 0) is 63.3 Å². The van der Waals surface area contributed by atoms with Crippen LogP contribution in [0.5, 0.6) is 5.75 Å². The van der Waals surface area contributed by atoms with Crippen molar-refractivity contribution in [2.75, 3.05) is 13.2 Å². The number of nitrogens with two attached hydrogens (primary N) is 1. The Hall–Kier alpha value is -1.83. The third kappa shape index (κ3) is 3.97. The molecule has 0 unspecified atom stereocenters. The van der Waals surface area contributed by atoms with Gasteiger partial charge in [-0.2, -0.15) is 0 Å². The van der Waals surface area contributed by atoms with Gasteiger partial charge in [-0.15, -0.1) is 0 Å². The lowest BCUT2D eigenvalue weighted by molar-refractivity contribution is -0.159. The molecule has 5 rings (SSSR count). The van der Waals surface area contributed by atoms with Crippen LogP contribution in [0.3, 0.4) is 0 Å². The van der Waals surface area contributed by atoms with Gasteiger partial charge >= 0.3 is 0 Å². The molecule has 1 aromatic carbocycles. The molecule has 0 spiro atoms. The first-order valence-corrected chi connectivity index (χ1v) is 9.97. The molecule has 1 aromatic rings. The molecule has 0 aromatic heterocycles. The highest BCUT2D eigenvalue weighted by atomic mass is 35.5. The summed E-state index contributed by atoms with van der Waals surface area (Å²) < 4.78 is 11.2. The summed E-state index contributed by atoms with van der Waals surface area (Å²) in [5, 5.41) is 6.71. The summed E-state index contributed by atoms with van der Waals surface area (Å²) in [6, 6.07) is 7.05. The molecule has 4 aliphatic rings. The third-order valence-corrected chi connectivity index (χ3v) is 6.21. The third-order valence-electron chi connectivity index (χ3n) is 5.96. The number of carbonyl (C=O) groups is 2. The molecule has 28 heavy (non-hydrogen) atoms. The second kappa shape index (κ2) is 6.90. The van der Waals surface area contributed by atoms with Crippen LogP contribution in [0.2, 0.25) is 5.02 Å². The van der Waals surface area contributed by atoms with Crippen LogP contribution in [0.4, 0.5) is 0 Å². The van der Waals surface area contributed by atoms with Crippen LogP contribution in [0, 0.1) is 0 Å². The monoisotopic (exact) mass is 407 g/mol. The van der Waals surface area contributed by atoms with Crippen molar-refractivity contribution < 1.29 is 19.1 Å². The van der Waals surface area contributed by atoms with Gasteiger partial charge in [0, 0.05) is 22.1 Å². The van der Waals surface area contributed by atoms with E-state index in [2.05, 4.69) is 10.6 Å². The van der Waals surface area contributed by atoms with Crippen LogP contribution < -0.4 is 21.1 Å². The molecule has 4 saturated carbocycles. The summed E-state index contributed by atoms with van der Waals surface area (Å²) in [6.07, 6.45) is 3.83. The molecule has 0 heterocycles. The van der Waals surface area contributed by atoms with E-state index >= 15 is 0 Å². The fraction of sp³-hybridized carbons (Fsp3) is 0.600. The zero-order valence-corrected chi connectivity index (χ0v) is 16.7. The minimum Gasteiger partial charge on any atom is -0.484 e. The predicted molar refractivity (Wildman–Crippen MR) is 104 cm³/mol. The van der Waals surface area contributed by atoms with E-state index in [0.29, 0.717) is 10.8 Å². The quantitative estimate of drug-likeness (QED) is 0.606. The van der Waals surface area contributed by atoms with Crippen molar-refractivity contribution in [2.24, 2.45) is 5.73 Å². The van der Waals surface area contributed by atoms with Crippen LogP contribution in [0.1, 0.15) is 39.0 Å². The molecule has 7 nitrogen and oxygen atoms in total. The smallest absolute Gasteiger partial charge is 0.258 e. The molecule has 2 bridgehead atoms. The van der Waals surface area contributed by atoms with Crippen LogP contribution in [0.15, 0.2) is 24.3 Å². The second-order valence-electron chi connectivity index (χ2n) is 8.84. The topological polar surface area (TPSA) is 103 Å². The Morgan fingerprint density at radius 3 is 2.14 bits per heavy atom. The van der Waals surface area contributed by atoms with E-state index in [1.54, 1.807) is 24.3 Å². The van der Waals surface area contributed by atoms with Gasteiger partial charge in [-0.3, -0.25) is 9.59 Å². The minimum absolute atomic E-state index is 0.0443. The van der Waals surface area contributed by atoms with Crippen LogP contribution in [-0.4, -0.2) is 47.7 Å². The summed E-state index contributed by atoms with van der Waals surface area (Å²) in [5.74, 6) is 0.335. The first-order chi connectivity index (χ1) is 13.2. The highest BCUT2D eigenvalue weighted by molar-refractivity contribution is 6.30.